The van der Waals surface area contributed by atoms with Crippen LogP contribution in [0.25, 0.3) is 10.9 Å². The molecule has 0 radical (unpaired) electrons. The minimum atomic E-state index is 0.0701. The van der Waals surface area contributed by atoms with Crippen LogP contribution in [0.15, 0.2) is 42.6 Å². The highest BCUT2D eigenvalue weighted by atomic mass is 35.5. The van der Waals surface area contributed by atoms with Crippen LogP contribution in [0, 0.1) is 11.3 Å². The van der Waals surface area contributed by atoms with Crippen molar-refractivity contribution in [2.75, 3.05) is 12.4 Å². The topological polar surface area (TPSA) is 87.0 Å². The molecule has 33 heavy (non-hydrogen) atoms. The maximum absolute atomic E-state index is 12.5. The highest BCUT2D eigenvalue weighted by molar-refractivity contribution is 6.32. The summed E-state index contributed by atoms with van der Waals surface area (Å²) in [4.78, 5) is 17.1. The molecule has 170 valence electrons. The fourth-order valence-corrected chi connectivity index (χ4v) is 4.61. The summed E-state index contributed by atoms with van der Waals surface area (Å²) in [6.07, 6.45) is 7.28. The molecule has 0 atom stereocenters. The lowest BCUT2D eigenvalue weighted by atomic mass is 10.0. The van der Waals surface area contributed by atoms with Gasteiger partial charge in [0.2, 0.25) is 5.91 Å². The Morgan fingerprint density at radius 2 is 2.06 bits per heavy atom. The fraction of sp³-hybridized carbons (Fsp3) is 0.346. The second-order valence-corrected chi connectivity index (χ2v) is 8.78. The molecular formula is C26H27ClN4O2. The molecule has 1 aliphatic rings. The molecule has 0 aliphatic heterocycles. The number of fused-ring (bicyclic) bond motifs is 1. The minimum Gasteiger partial charge on any atom is -0.495 e. The molecular weight excluding hydrogens is 436 g/mol. The largest absolute Gasteiger partial charge is 0.495 e. The van der Waals surface area contributed by atoms with Crippen molar-refractivity contribution < 1.29 is 9.53 Å². The molecule has 4 rings (SSSR count). The van der Waals surface area contributed by atoms with Crippen LogP contribution in [0.2, 0.25) is 5.02 Å². The van der Waals surface area contributed by atoms with Crippen LogP contribution in [-0.4, -0.2) is 24.0 Å². The fourth-order valence-electron chi connectivity index (χ4n) is 4.33. The number of nitrogens with one attached hydrogen (secondary N) is 2. The van der Waals surface area contributed by atoms with Crippen molar-refractivity contribution >= 4 is 34.1 Å². The number of rotatable bonds is 8. The van der Waals surface area contributed by atoms with Gasteiger partial charge in [0.05, 0.1) is 29.3 Å². The molecule has 0 unspecified atom stereocenters. The van der Waals surface area contributed by atoms with E-state index in [0.29, 0.717) is 41.8 Å². The molecule has 7 heteroatoms. The number of carbonyl (C=O) groups is 1. The van der Waals surface area contributed by atoms with Crippen molar-refractivity contribution in [3.63, 3.8) is 0 Å². The number of methoxy groups -OCH3 is 1. The van der Waals surface area contributed by atoms with Gasteiger partial charge in [-0.1, -0.05) is 30.5 Å². The number of aromatic nitrogens is 1. The van der Waals surface area contributed by atoms with E-state index in [-0.39, 0.29) is 5.91 Å². The number of nitrogens with zero attached hydrogens (tertiary/aromatic N) is 2. The summed E-state index contributed by atoms with van der Waals surface area (Å²) < 4.78 is 5.24. The summed E-state index contributed by atoms with van der Waals surface area (Å²) in [5, 5.41) is 17.5. The Hall–Kier alpha value is -3.30. The first kappa shape index (κ1) is 22.9. The van der Waals surface area contributed by atoms with E-state index in [0.717, 1.165) is 40.6 Å². The number of pyridine rings is 1. The lowest BCUT2D eigenvalue weighted by Crippen LogP contribution is -2.32. The number of halogens is 1. The van der Waals surface area contributed by atoms with E-state index in [1.54, 1.807) is 13.2 Å². The van der Waals surface area contributed by atoms with Gasteiger partial charge in [-0.2, -0.15) is 5.26 Å². The molecule has 0 bridgehead atoms. The standard InChI is InChI=1S/C26H27ClN4O2/c1-33-24-10-7-18(13-22(24)27)15-30-26-19(8-11-25(32)31-20-4-2-3-5-20)16-29-23-9-6-17(14-28)12-21(23)26/h6-7,9-10,12-13,16,20H,2-5,8,11,15H2,1H3,(H,29,30)(H,31,32). The number of carbonyl (C=O) groups excluding carboxylic acids is 1. The van der Waals surface area contributed by atoms with Crippen LogP contribution in [0.1, 0.15) is 48.8 Å². The summed E-state index contributed by atoms with van der Waals surface area (Å²) in [5.74, 6) is 0.697. The van der Waals surface area contributed by atoms with Gasteiger partial charge in [0.1, 0.15) is 5.75 Å². The maximum Gasteiger partial charge on any atom is 0.220 e. The summed E-state index contributed by atoms with van der Waals surface area (Å²) in [6, 6.07) is 13.6. The molecule has 1 aliphatic carbocycles. The van der Waals surface area contributed by atoms with Crippen LogP contribution in [0.5, 0.6) is 5.75 Å². The van der Waals surface area contributed by atoms with Crippen LogP contribution in [0.4, 0.5) is 5.69 Å². The first-order chi connectivity index (χ1) is 16.1. The second kappa shape index (κ2) is 10.5. The normalized spacial score (nSPS) is 13.6. The van der Waals surface area contributed by atoms with E-state index < -0.39 is 0 Å². The summed E-state index contributed by atoms with van der Waals surface area (Å²) in [6.45, 7) is 0.529. The van der Waals surface area contributed by atoms with Crippen molar-refractivity contribution in [2.45, 2.75) is 51.1 Å². The first-order valence-corrected chi connectivity index (χ1v) is 11.6. The number of benzene rings is 2. The van der Waals surface area contributed by atoms with Crippen molar-refractivity contribution in [2.24, 2.45) is 0 Å². The van der Waals surface area contributed by atoms with E-state index in [4.69, 9.17) is 16.3 Å². The van der Waals surface area contributed by atoms with Crippen molar-refractivity contribution in [1.82, 2.24) is 10.3 Å². The summed E-state index contributed by atoms with van der Waals surface area (Å²) in [5.41, 5.74) is 4.18. The second-order valence-electron chi connectivity index (χ2n) is 8.37. The third kappa shape index (κ3) is 5.55. The Kier molecular flexibility index (Phi) is 7.31. The maximum atomic E-state index is 12.5. The third-order valence-corrected chi connectivity index (χ3v) is 6.40. The zero-order chi connectivity index (χ0) is 23.2. The van der Waals surface area contributed by atoms with E-state index in [2.05, 4.69) is 21.7 Å². The van der Waals surface area contributed by atoms with Gasteiger partial charge in [-0.15, -0.1) is 0 Å². The summed E-state index contributed by atoms with van der Waals surface area (Å²) >= 11 is 6.29. The monoisotopic (exact) mass is 462 g/mol. The number of anilines is 1. The van der Waals surface area contributed by atoms with Gasteiger partial charge in [0.15, 0.2) is 0 Å². The van der Waals surface area contributed by atoms with Gasteiger partial charge < -0.3 is 15.4 Å². The van der Waals surface area contributed by atoms with Gasteiger partial charge in [-0.05, 0) is 60.7 Å². The van der Waals surface area contributed by atoms with E-state index in [1.807, 2.05) is 36.5 Å². The average molecular weight is 463 g/mol. The average Bonchev–Trinajstić information content (AvgIpc) is 3.34. The van der Waals surface area contributed by atoms with Crippen molar-refractivity contribution in [3.8, 4) is 11.8 Å². The first-order valence-electron chi connectivity index (χ1n) is 11.2. The number of hydrogen-bond acceptors (Lipinski definition) is 5. The number of aryl methyl sites for hydroxylation is 1. The smallest absolute Gasteiger partial charge is 0.220 e. The lowest BCUT2D eigenvalue weighted by Gasteiger charge is -2.16. The highest BCUT2D eigenvalue weighted by Gasteiger charge is 2.18. The number of nitriles is 1. The Morgan fingerprint density at radius 1 is 1.24 bits per heavy atom. The van der Waals surface area contributed by atoms with Crippen LogP contribution >= 0.6 is 11.6 Å². The molecule has 0 saturated heterocycles. The summed E-state index contributed by atoms with van der Waals surface area (Å²) in [7, 11) is 1.59. The number of amides is 1. The zero-order valence-electron chi connectivity index (χ0n) is 18.7. The molecule has 1 saturated carbocycles. The van der Waals surface area contributed by atoms with E-state index in [1.165, 1.54) is 12.8 Å². The third-order valence-electron chi connectivity index (χ3n) is 6.10. The Morgan fingerprint density at radius 3 is 2.79 bits per heavy atom. The number of hydrogen-bond donors (Lipinski definition) is 2. The quantitative estimate of drug-likeness (QED) is 0.469. The zero-order valence-corrected chi connectivity index (χ0v) is 19.4. The predicted molar refractivity (Wildman–Crippen MR) is 131 cm³/mol. The van der Waals surface area contributed by atoms with Gasteiger partial charge in [0.25, 0.3) is 0 Å². The van der Waals surface area contributed by atoms with Gasteiger partial charge in [-0.3, -0.25) is 9.78 Å². The van der Waals surface area contributed by atoms with Crippen molar-refractivity contribution in [1.29, 1.82) is 5.26 Å². The SMILES string of the molecule is COc1ccc(CNc2c(CCC(=O)NC3CCCC3)cnc3ccc(C#N)cc23)cc1Cl. The van der Waals surface area contributed by atoms with Crippen LogP contribution in [0.3, 0.4) is 0 Å². The molecule has 2 N–H and O–H groups in total. The Labute approximate surface area is 198 Å². The van der Waals surface area contributed by atoms with Gasteiger partial charge >= 0.3 is 0 Å². The van der Waals surface area contributed by atoms with Gasteiger partial charge in [-0.25, -0.2) is 0 Å². The van der Waals surface area contributed by atoms with Crippen LogP contribution < -0.4 is 15.4 Å². The van der Waals surface area contributed by atoms with E-state index in [9.17, 15) is 10.1 Å². The number of ether oxygens (including phenoxy) is 1. The molecule has 0 spiro atoms. The van der Waals surface area contributed by atoms with Crippen LogP contribution in [-0.2, 0) is 17.8 Å². The molecule has 1 heterocycles. The minimum absolute atomic E-state index is 0.0701. The molecule has 6 nitrogen and oxygen atoms in total. The van der Waals surface area contributed by atoms with Gasteiger partial charge in [0, 0.05) is 36.3 Å². The molecule has 1 amide bonds. The van der Waals surface area contributed by atoms with E-state index >= 15 is 0 Å². The lowest BCUT2D eigenvalue weighted by molar-refractivity contribution is -0.121. The molecule has 2 aromatic carbocycles. The molecule has 1 fully saturated rings. The molecule has 1 aromatic heterocycles. The highest BCUT2D eigenvalue weighted by Crippen LogP contribution is 2.30. The Bertz CT molecular complexity index is 1200. The predicted octanol–water partition coefficient (Wildman–Crippen LogP) is 5.37. The van der Waals surface area contributed by atoms with Crippen molar-refractivity contribution in [3.05, 3.63) is 64.3 Å². The molecule has 3 aromatic rings. The Balaban J connectivity index is 1.57.